The van der Waals surface area contributed by atoms with E-state index in [2.05, 4.69) is 33.5 Å². The molecule has 1 aliphatic rings. The first-order valence-corrected chi connectivity index (χ1v) is 21.6. The lowest BCUT2D eigenvalue weighted by Gasteiger charge is -2.32. The van der Waals surface area contributed by atoms with Crippen LogP contribution in [0.5, 0.6) is 11.5 Å². The van der Waals surface area contributed by atoms with Gasteiger partial charge in [0.05, 0.1) is 6.07 Å². The number of ether oxygens (including phenoxy) is 2. The molecule has 0 saturated heterocycles. The zero-order chi connectivity index (χ0) is 45.4. The van der Waals surface area contributed by atoms with Gasteiger partial charge in [-0.3, -0.25) is 28.8 Å². The van der Waals surface area contributed by atoms with Crippen LogP contribution in [-0.2, 0) is 35.2 Å². The summed E-state index contributed by atoms with van der Waals surface area (Å²) < 4.78 is 12.1. The van der Waals surface area contributed by atoms with Crippen molar-refractivity contribution in [2.45, 2.75) is 109 Å². The summed E-state index contributed by atoms with van der Waals surface area (Å²) in [5, 5.41) is 22.5. The summed E-state index contributed by atoms with van der Waals surface area (Å²) in [5.41, 5.74) is 19.4. The van der Waals surface area contributed by atoms with E-state index in [1.54, 1.807) is 36.4 Å². The molecule has 340 valence electrons. The summed E-state index contributed by atoms with van der Waals surface area (Å²) in [6.07, 6.45) is 7.87. The minimum absolute atomic E-state index is 0.00621. The van der Waals surface area contributed by atoms with Crippen molar-refractivity contribution < 1.29 is 38.2 Å². The first kappa shape index (κ1) is 50.6. The molecule has 3 rings (SSSR count). The molecule has 11 N–H and O–H groups in total. The summed E-state index contributed by atoms with van der Waals surface area (Å²) in [5.74, 6) is -2.57. The summed E-state index contributed by atoms with van der Waals surface area (Å²) in [6, 6.07) is 7.11. The van der Waals surface area contributed by atoms with Crippen molar-refractivity contribution in [1.29, 1.82) is 5.26 Å². The Morgan fingerprint density at radius 3 is 2.13 bits per heavy atom. The molecule has 6 amide bonds. The maximum Gasteiger partial charge on any atom is 0.248 e. The van der Waals surface area contributed by atoms with Crippen LogP contribution >= 0.6 is 0 Å². The molecule has 0 spiro atoms. The molecule has 1 heterocycles. The number of benzene rings is 2. The molecule has 18 nitrogen and oxygen atoms in total. The number of fused-ring (bicyclic) bond motifs is 5. The Morgan fingerprint density at radius 1 is 0.839 bits per heavy atom. The number of carbonyl (C=O) groups excluding carboxylic acids is 6. The van der Waals surface area contributed by atoms with Crippen molar-refractivity contribution in [3.63, 3.8) is 0 Å². The summed E-state index contributed by atoms with van der Waals surface area (Å²) in [6.45, 7) is 4.09. The van der Waals surface area contributed by atoms with Gasteiger partial charge in [-0.2, -0.15) is 5.26 Å². The van der Waals surface area contributed by atoms with Gasteiger partial charge in [0.1, 0.15) is 55.4 Å². The highest BCUT2D eigenvalue weighted by Crippen LogP contribution is 2.40. The van der Waals surface area contributed by atoms with Gasteiger partial charge in [0.15, 0.2) is 0 Å². The second-order valence-electron chi connectivity index (χ2n) is 15.3. The Labute approximate surface area is 364 Å². The van der Waals surface area contributed by atoms with Gasteiger partial charge >= 0.3 is 0 Å². The van der Waals surface area contributed by atoms with Crippen LogP contribution in [0, 0.1) is 11.3 Å². The maximum absolute atomic E-state index is 14.4. The Hall–Kier alpha value is -5.77. The first-order valence-electron chi connectivity index (χ1n) is 21.6. The van der Waals surface area contributed by atoms with Gasteiger partial charge in [0, 0.05) is 57.1 Å². The highest BCUT2D eigenvalue weighted by Gasteiger charge is 2.36. The Morgan fingerprint density at radius 2 is 1.48 bits per heavy atom. The lowest BCUT2D eigenvalue weighted by molar-refractivity contribution is -0.143. The molecule has 0 radical (unpaired) electrons. The van der Waals surface area contributed by atoms with E-state index in [1.165, 1.54) is 38.1 Å². The number of hydrogen-bond acceptors (Lipinski definition) is 12. The molecule has 1 aliphatic heterocycles. The molecule has 2 aromatic carbocycles. The number of carbonyl (C=O) groups is 6. The van der Waals surface area contributed by atoms with Crippen LogP contribution in [0.3, 0.4) is 0 Å². The third kappa shape index (κ3) is 15.9. The third-order valence-electron chi connectivity index (χ3n) is 10.3. The monoisotopic (exact) mass is 863 g/mol. The lowest BCUT2D eigenvalue weighted by atomic mass is 9.93. The summed E-state index contributed by atoms with van der Waals surface area (Å²) >= 11 is 0. The van der Waals surface area contributed by atoms with Gasteiger partial charge in [-0.15, -0.1) is 0 Å². The number of nitrogens with one attached hydrogen (secondary N) is 5. The Kier molecular flexibility index (Phi) is 22.2. The lowest BCUT2D eigenvalue weighted by Crippen LogP contribution is -2.56. The third-order valence-corrected chi connectivity index (χ3v) is 10.3. The highest BCUT2D eigenvalue weighted by molar-refractivity contribution is 5.96. The molecule has 62 heavy (non-hydrogen) atoms. The minimum Gasteiger partial charge on any atom is -0.492 e. The molecule has 18 heteroatoms. The van der Waals surface area contributed by atoms with E-state index in [4.69, 9.17) is 31.9 Å². The maximum atomic E-state index is 14.4. The summed E-state index contributed by atoms with van der Waals surface area (Å²) in [7, 11) is 1.41. The van der Waals surface area contributed by atoms with Crippen LogP contribution in [0.1, 0.15) is 95.2 Å². The standard InChI is InChI=1S/C44H66N10O8/c1-4-5-6-7-8-9-10-11-38(55)49-22-17-39(56)52-34(16-18-45)44(60)54(3)40-31-13-15-37(62-25-21-48)33(28-31)32-26-30(12-14-36(32)61-24-20-47)27-35(42(58)50-23-19-46)53-41(57)29(2)51-43(40)59/h12-15,26,28-29,34-35,40H,4-11,16-18,20-25,27,45,47-48H2,1-3H3,(H,49,55)(H,50,58)(H,51,59)(H,52,56)(H,53,57)/t29-,34-,35-,40-/m0/s1. The summed E-state index contributed by atoms with van der Waals surface area (Å²) in [4.78, 5) is 82.4. The number of nitrogens with two attached hydrogens (primary N) is 3. The Balaban J connectivity index is 1.99. The van der Waals surface area contributed by atoms with Crippen molar-refractivity contribution in [1.82, 2.24) is 31.5 Å². The van der Waals surface area contributed by atoms with Crippen LogP contribution in [0.15, 0.2) is 36.4 Å². The first-order chi connectivity index (χ1) is 29.9. The molecule has 0 aromatic heterocycles. The van der Waals surface area contributed by atoms with Crippen molar-refractivity contribution in [2.24, 2.45) is 17.2 Å². The second kappa shape index (κ2) is 27.2. The van der Waals surface area contributed by atoms with Gasteiger partial charge in [-0.25, -0.2) is 0 Å². The molecule has 0 unspecified atom stereocenters. The van der Waals surface area contributed by atoms with Crippen molar-refractivity contribution in [3.05, 3.63) is 47.5 Å². The minimum atomic E-state index is -1.38. The van der Waals surface area contributed by atoms with Gasteiger partial charge in [-0.05, 0) is 61.7 Å². The topological polar surface area (TPSA) is 286 Å². The van der Waals surface area contributed by atoms with E-state index in [0.717, 1.165) is 25.7 Å². The van der Waals surface area contributed by atoms with Crippen LogP contribution < -0.4 is 53.3 Å². The van der Waals surface area contributed by atoms with Crippen LogP contribution in [0.2, 0.25) is 0 Å². The largest absolute Gasteiger partial charge is 0.492 e. The van der Waals surface area contributed by atoms with Gasteiger partial charge in [0.25, 0.3) is 0 Å². The Bertz CT molecular complexity index is 1850. The normalized spacial score (nSPS) is 16.6. The van der Waals surface area contributed by atoms with E-state index in [-0.39, 0.29) is 71.1 Å². The zero-order valence-corrected chi connectivity index (χ0v) is 36.4. The SMILES string of the molecule is CCCCCCCCCC(=O)NCCC(=O)N[C@@H](CCN)C(=O)N(C)[C@@H]1C(=O)N[C@@H](C)C(=O)N[C@H](C(=O)NCC#N)Cc2ccc(OCCN)c(c2)-c2cc1ccc2OCCN. The van der Waals surface area contributed by atoms with Crippen LogP contribution in [0.25, 0.3) is 11.1 Å². The molecule has 2 aromatic rings. The van der Waals surface area contributed by atoms with Crippen LogP contribution in [-0.4, -0.2) is 111 Å². The highest BCUT2D eigenvalue weighted by atomic mass is 16.5. The quantitative estimate of drug-likeness (QED) is 0.0546. The number of amides is 6. The second-order valence-corrected chi connectivity index (χ2v) is 15.3. The number of nitriles is 1. The predicted molar refractivity (Wildman–Crippen MR) is 234 cm³/mol. The number of unbranched alkanes of at least 4 members (excludes halogenated alkanes) is 6. The van der Waals surface area contributed by atoms with Gasteiger partial charge in [-0.1, -0.05) is 57.6 Å². The molecular weight excluding hydrogens is 797 g/mol. The fourth-order valence-corrected chi connectivity index (χ4v) is 7.04. The zero-order valence-electron chi connectivity index (χ0n) is 36.4. The molecule has 4 atom stereocenters. The van der Waals surface area contributed by atoms with E-state index >= 15 is 0 Å². The number of nitrogens with zero attached hydrogens (tertiary/aromatic N) is 2. The average Bonchev–Trinajstić information content (AvgIpc) is 3.25. The van der Waals surface area contributed by atoms with Crippen LogP contribution in [0.4, 0.5) is 0 Å². The molecule has 4 bridgehead atoms. The smallest absolute Gasteiger partial charge is 0.248 e. The average molecular weight is 863 g/mol. The fraction of sp³-hybridized carbons (Fsp3) is 0.568. The molecule has 0 aliphatic carbocycles. The van der Waals surface area contributed by atoms with Crippen molar-refractivity contribution in [3.8, 4) is 28.7 Å². The van der Waals surface area contributed by atoms with E-state index in [9.17, 15) is 28.8 Å². The van der Waals surface area contributed by atoms with Gasteiger partial charge < -0.3 is 58.2 Å². The molecule has 0 saturated carbocycles. The van der Waals surface area contributed by atoms with E-state index in [1.807, 2.05) is 6.07 Å². The number of hydrogen-bond donors (Lipinski definition) is 8. The van der Waals surface area contributed by atoms with Crippen molar-refractivity contribution in [2.75, 3.05) is 53.0 Å². The molecular formula is C44H66N10O8. The van der Waals surface area contributed by atoms with Gasteiger partial charge in [0.2, 0.25) is 35.4 Å². The predicted octanol–water partition coefficient (Wildman–Crippen LogP) is 1.19. The number of likely N-dealkylation sites (N-methyl/N-ethyl adjacent to an activating group) is 1. The van der Waals surface area contributed by atoms with Crippen molar-refractivity contribution >= 4 is 35.4 Å². The number of rotatable bonds is 24. The fourth-order valence-electron chi connectivity index (χ4n) is 7.04. The van der Waals surface area contributed by atoms with E-state index in [0.29, 0.717) is 40.2 Å². The molecule has 0 fully saturated rings. The van der Waals surface area contributed by atoms with E-state index < -0.39 is 53.7 Å².